The summed E-state index contributed by atoms with van der Waals surface area (Å²) in [5.74, 6) is 1.65. The molecule has 2 nitrogen and oxygen atoms in total. The lowest BCUT2D eigenvalue weighted by molar-refractivity contribution is -0.0228. The molecule has 2 unspecified atom stereocenters. The summed E-state index contributed by atoms with van der Waals surface area (Å²) in [5, 5.41) is 0. The van der Waals surface area contributed by atoms with Crippen LogP contribution < -0.4 is 4.74 Å². The average molecular weight is 327 g/mol. The van der Waals surface area contributed by atoms with Crippen LogP contribution in [0, 0.1) is 5.92 Å². The summed E-state index contributed by atoms with van der Waals surface area (Å²) >= 11 is 3.44. The van der Waals surface area contributed by atoms with Crippen LogP contribution in [0.3, 0.4) is 0 Å². The Morgan fingerprint density at radius 1 is 1.21 bits per heavy atom. The van der Waals surface area contributed by atoms with Crippen LogP contribution in [0.5, 0.6) is 5.75 Å². The summed E-state index contributed by atoms with van der Waals surface area (Å²) in [4.78, 5) is 0. The SMILES string of the molecule is CCC1CCCCC1OCCOc1cccc(Br)c1. The lowest BCUT2D eigenvalue weighted by atomic mass is 9.85. The van der Waals surface area contributed by atoms with E-state index >= 15 is 0 Å². The molecule has 0 amide bonds. The highest BCUT2D eigenvalue weighted by molar-refractivity contribution is 9.10. The molecular weight excluding hydrogens is 304 g/mol. The van der Waals surface area contributed by atoms with E-state index in [1.54, 1.807) is 0 Å². The molecule has 2 rings (SSSR count). The molecule has 0 N–H and O–H groups in total. The lowest BCUT2D eigenvalue weighted by Crippen LogP contribution is -2.28. The molecule has 106 valence electrons. The first-order valence-electron chi connectivity index (χ1n) is 7.29. The first kappa shape index (κ1) is 14.9. The molecule has 0 aliphatic heterocycles. The molecule has 1 aromatic carbocycles. The van der Waals surface area contributed by atoms with E-state index in [0.29, 0.717) is 19.3 Å². The Balaban J connectivity index is 1.68. The molecule has 1 aliphatic carbocycles. The molecule has 1 aliphatic rings. The molecule has 0 heterocycles. The van der Waals surface area contributed by atoms with E-state index in [-0.39, 0.29) is 0 Å². The number of benzene rings is 1. The van der Waals surface area contributed by atoms with Gasteiger partial charge in [-0.1, -0.05) is 48.2 Å². The first-order valence-corrected chi connectivity index (χ1v) is 8.09. The van der Waals surface area contributed by atoms with E-state index in [4.69, 9.17) is 9.47 Å². The van der Waals surface area contributed by atoms with Gasteiger partial charge in [0.1, 0.15) is 12.4 Å². The van der Waals surface area contributed by atoms with Crippen LogP contribution in [0.1, 0.15) is 39.0 Å². The van der Waals surface area contributed by atoms with Gasteiger partial charge in [-0.25, -0.2) is 0 Å². The molecule has 3 heteroatoms. The second-order valence-corrected chi connectivity index (χ2v) is 6.08. The van der Waals surface area contributed by atoms with Crippen molar-refractivity contribution in [3.63, 3.8) is 0 Å². The number of hydrogen-bond donors (Lipinski definition) is 0. The van der Waals surface area contributed by atoms with Gasteiger partial charge >= 0.3 is 0 Å². The minimum Gasteiger partial charge on any atom is -0.491 e. The van der Waals surface area contributed by atoms with E-state index in [1.807, 2.05) is 24.3 Å². The van der Waals surface area contributed by atoms with Crippen LogP contribution in [0.4, 0.5) is 0 Å². The van der Waals surface area contributed by atoms with Crippen LogP contribution >= 0.6 is 15.9 Å². The van der Waals surface area contributed by atoms with E-state index < -0.39 is 0 Å². The fourth-order valence-corrected chi connectivity index (χ4v) is 3.15. The maximum Gasteiger partial charge on any atom is 0.120 e. The summed E-state index contributed by atoms with van der Waals surface area (Å²) in [7, 11) is 0. The predicted molar refractivity (Wildman–Crippen MR) is 81.6 cm³/mol. The van der Waals surface area contributed by atoms with Gasteiger partial charge in [-0.15, -0.1) is 0 Å². The lowest BCUT2D eigenvalue weighted by Gasteiger charge is -2.30. The van der Waals surface area contributed by atoms with Crippen LogP contribution in [0.2, 0.25) is 0 Å². The first-order chi connectivity index (χ1) is 9.29. The van der Waals surface area contributed by atoms with Gasteiger partial charge in [-0.3, -0.25) is 0 Å². The van der Waals surface area contributed by atoms with Crippen LogP contribution in [0.25, 0.3) is 0 Å². The Hall–Kier alpha value is -0.540. The second kappa shape index (κ2) is 7.91. The highest BCUT2D eigenvalue weighted by atomic mass is 79.9. The van der Waals surface area contributed by atoms with Gasteiger partial charge in [0.25, 0.3) is 0 Å². The normalized spacial score (nSPS) is 23.3. The average Bonchev–Trinajstić information content (AvgIpc) is 2.44. The maximum atomic E-state index is 6.00. The molecule has 0 spiro atoms. The van der Waals surface area contributed by atoms with Gasteiger partial charge in [0.15, 0.2) is 0 Å². The largest absolute Gasteiger partial charge is 0.491 e. The zero-order valence-electron chi connectivity index (χ0n) is 11.6. The maximum absolute atomic E-state index is 6.00. The standard InChI is InChI=1S/C16H23BrO2/c1-2-13-6-3-4-9-16(13)19-11-10-18-15-8-5-7-14(17)12-15/h5,7-8,12-13,16H,2-4,6,9-11H2,1H3. The number of rotatable bonds is 6. The van der Waals surface area contributed by atoms with E-state index in [2.05, 4.69) is 22.9 Å². The van der Waals surface area contributed by atoms with E-state index in [1.165, 1.54) is 32.1 Å². The molecule has 1 aromatic rings. The third-order valence-corrected chi connectivity index (χ3v) is 4.34. The number of hydrogen-bond acceptors (Lipinski definition) is 2. The minimum atomic E-state index is 0.449. The quantitative estimate of drug-likeness (QED) is 0.698. The Morgan fingerprint density at radius 2 is 2.05 bits per heavy atom. The summed E-state index contributed by atoms with van der Waals surface area (Å²) in [6.07, 6.45) is 6.91. The molecule has 19 heavy (non-hydrogen) atoms. The second-order valence-electron chi connectivity index (χ2n) is 5.17. The fourth-order valence-electron chi connectivity index (χ4n) is 2.78. The van der Waals surface area contributed by atoms with Crippen molar-refractivity contribution in [1.29, 1.82) is 0 Å². The van der Waals surface area contributed by atoms with Gasteiger partial charge in [-0.2, -0.15) is 0 Å². The topological polar surface area (TPSA) is 18.5 Å². The molecule has 0 aromatic heterocycles. The molecule has 1 saturated carbocycles. The van der Waals surface area contributed by atoms with Crippen molar-refractivity contribution < 1.29 is 9.47 Å². The van der Waals surface area contributed by atoms with Gasteiger partial charge in [0.05, 0.1) is 12.7 Å². The third-order valence-electron chi connectivity index (χ3n) is 3.84. The molecule has 0 bridgehead atoms. The monoisotopic (exact) mass is 326 g/mol. The minimum absolute atomic E-state index is 0.449. The predicted octanol–water partition coefficient (Wildman–Crippen LogP) is 4.81. The van der Waals surface area contributed by atoms with Crippen molar-refractivity contribution in [1.82, 2.24) is 0 Å². The van der Waals surface area contributed by atoms with Crippen molar-refractivity contribution in [3.8, 4) is 5.75 Å². The van der Waals surface area contributed by atoms with Crippen molar-refractivity contribution in [2.45, 2.75) is 45.1 Å². The molecule has 2 atom stereocenters. The molecule has 0 radical (unpaired) electrons. The summed E-state index contributed by atoms with van der Waals surface area (Å²) in [6.45, 7) is 3.58. The van der Waals surface area contributed by atoms with Crippen molar-refractivity contribution in [2.75, 3.05) is 13.2 Å². The van der Waals surface area contributed by atoms with Crippen LogP contribution in [-0.4, -0.2) is 19.3 Å². The van der Waals surface area contributed by atoms with Crippen molar-refractivity contribution in [2.24, 2.45) is 5.92 Å². The smallest absolute Gasteiger partial charge is 0.120 e. The van der Waals surface area contributed by atoms with E-state index in [9.17, 15) is 0 Å². The highest BCUT2D eigenvalue weighted by Gasteiger charge is 2.23. The number of halogens is 1. The Bertz CT molecular complexity index is 381. The van der Waals surface area contributed by atoms with Gasteiger partial charge in [0, 0.05) is 4.47 Å². The summed E-state index contributed by atoms with van der Waals surface area (Å²) in [5.41, 5.74) is 0. The van der Waals surface area contributed by atoms with Crippen LogP contribution in [0.15, 0.2) is 28.7 Å². The summed E-state index contributed by atoms with van der Waals surface area (Å²) in [6, 6.07) is 7.93. The molecule has 1 fully saturated rings. The van der Waals surface area contributed by atoms with Gasteiger partial charge in [-0.05, 0) is 37.0 Å². The zero-order chi connectivity index (χ0) is 13.5. The highest BCUT2D eigenvalue weighted by Crippen LogP contribution is 2.29. The van der Waals surface area contributed by atoms with Gasteiger partial charge < -0.3 is 9.47 Å². The van der Waals surface area contributed by atoms with E-state index in [0.717, 1.165) is 16.1 Å². The Kier molecular flexibility index (Phi) is 6.18. The van der Waals surface area contributed by atoms with Crippen LogP contribution in [-0.2, 0) is 4.74 Å². The Labute approximate surface area is 124 Å². The van der Waals surface area contributed by atoms with Gasteiger partial charge in [0.2, 0.25) is 0 Å². The number of ether oxygens (including phenoxy) is 2. The fraction of sp³-hybridized carbons (Fsp3) is 0.625. The zero-order valence-corrected chi connectivity index (χ0v) is 13.2. The summed E-state index contributed by atoms with van der Waals surface area (Å²) < 4.78 is 12.7. The molecular formula is C16H23BrO2. The Morgan fingerprint density at radius 3 is 2.84 bits per heavy atom. The van der Waals surface area contributed by atoms with Crippen molar-refractivity contribution >= 4 is 15.9 Å². The van der Waals surface area contributed by atoms with Crippen molar-refractivity contribution in [3.05, 3.63) is 28.7 Å². The third kappa shape index (κ3) is 4.81. The molecule has 0 saturated heterocycles.